The topological polar surface area (TPSA) is 73.1 Å². The van der Waals surface area contributed by atoms with Gasteiger partial charge in [-0.05, 0) is 64.5 Å². The number of nitrogens with zero attached hydrogens (tertiary/aromatic N) is 1. The standard InChI is InChI=1S/C20H15BrCl2N2O4/c1-27-13-3-7-19(15(21)9-13)28-11-20(26)25-24-10-14-4-6-18(29-14)12-2-5-16(22)17(23)8-12/h2-10H,11H2,1H3,(H,25,26). The van der Waals surface area contributed by atoms with Crippen LogP contribution >= 0.6 is 39.1 Å². The molecule has 3 rings (SSSR count). The minimum Gasteiger partial charge on any atom is -0.497 e. The number of hydrogen-bond acceptors (Lipinski definition) is 5. The fraction of sp³-hybridized carbons (Fsp3) is 0.100. The third kappa shape index (κ3) is 5.76. The SMILES string of the molecule is COc1ccc(OCC(=O)NN=Cc2ccc(-c3ccc(Cl)c(Cl)c3)o2)c(Br)c1. The number of methoxy groups -OCH3 is 1. The summed E-state index contributed by atoms with van der Waals surface area (Å²) in [4.78, 5) is 11.9. The Kier molecular flexibility index (Phi) is 7.19. The molecule has 1 aromatic heterocycles. The van der Waals surface area contributed by atoms with Gasteiger partial charge in [-0.3, -0.25) is 4.79 Å². The van der Waals surface area contributed by atoms with Gasteiger partial charge in [-0.1, -0.05) is 23.2 Å². The normalized spacial score (nSPS) is 10.9. The number of nitrogens with one attached hydrogen (secondary N) is 1. The molecule has 6 nitrogen and oxygen atoms in total. The van der Waals surface area contributed by atoms with Crippen molar-refractivity contribution < 1.29 is 18.7 Å². The second kappa shape index (κ2) is 9.82. The van der Waals surface area contributed by atoms with Crippen LogP contribution in [-0.4, -0.2) is 25.8 Å². The number of carbonyl (C=O) groups excluding carboxylic acids is 1. The van der Waals surface area contributed by atoms with E-state index in [0.29, 0.717) is 37.5 Å². The highest BCUT2D eigenvalue weighted by Crippen LogP contribution is 2.30. The summed E-state index contributed by atoms with van der Waals surface area (Å²) in [7, 11) is 1.57. The van der Waals surface area contributed by atoms with Crippen LogP contribution in [0.15, 0.2) is 62.5 Å². The second-order valence-electron chi connectivity index (χ2n) is 5.71. The van der Waals surface area contributed by atoms with Gasteiger partial charge in [0.25, 0.3) is 5.91 Å². The van der Waals surface area contributed by atoms with Crippen molar-refractivity contribution in [1.82, 2.24) is 5.43 Å². The highest BCUT2D eigenvalue weighted by molar-refractivity contribution is 9.10. The monoisotopic (exact) mass is 496 g/mol. The first kappa shape index (κ1) is 21.2. The Morgan fingerprint density at radius 1 is 1.17 bits per heavy atom. The Morgan fingerprint density at radius 3 is 2.72 bits per heavy atom. The highest BCUT2D eigenvalue weighted by Gasteiger charge is 2.08. The number of rotatable bonds is 7. The van der Waals surface area contributed by atoms with Gasteiger partial charge in [0.15, 0.2) is 6.61 Å². The van der Waals surface area contributed by atoms with E-state index in [9.17, 15) is 4.79 Å². The van der Waals surface area contributed by atoms with E-state index >= 15 is 0 Å². The van der Waals surface area contributed by atoms with Gasteiger partial charge in [0.2, 0.25) is 0 Å². The molecule has 0 spiro atoms. The molecule has 0 unspecified atom stereocenters. The van der Waals surface area contributed by atoms with Crippen molar-refractivity contribution in [3.63, 3.8) is 0 Å². The molecule has 0 saturated heterocycles. The summed E-state index contributed by atoms with van der Waals surface area (Å²) in [5.41, 5.74) is 3.16. The summed E-state index contributed by atoms with van der Waals surface area (Å²) in [6.45, 7) is -0.199. The zero-order valence-electron chi connectivity index (χ0n) is 15.1. The van der Waals surface area contributed by atoms with E-state index in [1.807, 2.05) is 0 Å². The first-order valence-corrected chi connectivity index (χ1v) is 9.84. The number of hydrazone groups is 1. The van der Waals surface area contributed by atoms with Crippen LogP contribution < -0.4 is 14.9 Å². The maximum atomic E-state index is 11.9. The minimum absolute atomic E-state index is 0.199. The summed E-state index contributed by atoms with van der Waals surface area (Å²) in [6, 6.07) is 13.9. The first-order valence-electron chi connectivity index (χ1n) is 8.30. The third-order valence-electron chi connectivity index (χ3n) is 3.71. The van der Waals surface area contributed by atoms with Gasteiger partial charge in [0.05, 0.1) is 27.8 Å². The van der Waals surface area contributed by atoms with Crippen LogP contribution in [0.4, 0.5) is 0 Å². The Hall–Kier alpha value is -2.48. The van der Waals surface area contributed by atoms with Crippen molar-refractivity contribution in [1.29, 1.82) is 0 Å². The molecule has 0 aliphatic carbocycles. The number of carbonyl (C=O) groups is 1. The van der Waals surface area contributed by atoms with Gasteiger partial charge in [0, 0.05) is 5.56 Å². The molecular weight excluding hydrogens is 483 g/mol. The molecule has 0 saturated carbocycles. The lowest BCUT2D eigenvalue weighted by atomic mass is 10.2. The molecule has 1 amide bonds. The fourth-order valence-corrected chi connectivity index (χ4v) is 3.07. The van der Waals surface area contributed by atoms with Gasteiger partial charge in [-0.2, -0.15) is 5.10 Å². The van der Waals surface area contributed by atoms with E-state index in [1.165, 1.54) is 6.21 Å². The van der Waals surface area contributed by atoms with E-state index in [0.717, 1.165) is 5.56 Å². The molecule has 0 atom stereocenters. The van der Waals surface area contributed by atoms with Crippen molar-refractivity contribution in [2.75, 3.05) is 13.7 Å². The molecule has 0 aliphatic rings. The molecule has 0 fully saturated rings. The molecule has 3 aromatic rings. The lowest BCUT2D eigenvalue weighted by Crippen LogP contribution is -2.24. The number of ether oxygens (including phenoxy) is 2. The van der Waals surface area contributed by atoms with E-state index in [-0.39, 0.29) is 6.61 Å². The summed E-state index contributed by atoms with van der Waals surface area (Å²) in [6.07, 6.45) is 1.39. The Bertz CT molecular complexity index is 1050. The molecule has 150 valence electrons. The van der Waals surface area contributed by atoms with Crippen LogP contribution in [0.25, 0.3) is 11.3 Å². The largest absolute Gasteiger partial charge is 0.497 e. The summed E-state index contributed by atoms with van der Waals surface area (Å²) in [5, 5.41) is 4.77. The molecule has 1 heterocycles. The summed E-state index contributed by atoms with van der Waals surface area (Å²) in [5.74, 6) is 1.84. The predicted octanol–water partition coefficient (Wildman–Crippen LogP) is 5.55. The van der Waals surface area contributed by atoms with Crippen molar-refractivity contribution in [2.24, 2.45) is 5.10 Å². The zero-order valence-corrected chi connectivity index (χ0v) is 18.2. The number of hydrogen-bond donors (Lipinski definition) is 1. The Morgan fingerprint density at radius 2 is 2.00 bits per heavy atom. The Balaban J connectivity index is 1.53. The van der Waals surface area contributed by atoms with Crippen LogP contribution in [0.1, 0.15) is 5.76 Å². The van der Waals surface area contributed by atoms with Gasteiger partial charge >= 0.3 is 0 Å². The molecular formula is C20H15BrCl2N2O4. The van der Waals surface area contributed by atoms with Crippen LogP contribution in [0.5, 0.6) is 11.5 Å². The quantitative estimate of drug-likeness (QED) is 0.343. The predicted molar refractivity (Wildman–Crippen MR) is 116 cm³/mol. The number of benzene rings is 2. The van der Waals surface area contributed by atoms with Gasteiger partial charge in [-0.25, -0.2) is 5.43 Å². The van der Waals surface area contributed by atoms with Crippen molar-refractivity contribution in [3.8, 4) is 22.8 Å². The van der Waals surface area contributed by atoms with Crippen molar-refractivity contribution >= 4 is 51.3 Å². The average Bonchev–Trinajstić information content (AvgIpc) is 3.18. The maximum absolute atomic E-state index is 11.9. The number of halogens is 3. The van der Waals surface area contributed by atoms with E-state index in [1.54, 1.807) is 55.6 Å². The molecule has 0 bridgehead atoms. The lowest BCUT2D eigenvalue weighted by molar-refractivity contribution is -0.123. The molecule has 2 aromatic carbocycles. The molecule has 29 heavy (non-hydrogen) atoms. The minimum atomic E-state index is -0.416. The highest BCUT2D eigenvalue weighted by atomic mass is 79.9. The molecule has 0 aliphatic heterocycles. The molecule has 9 heteroatoms. The van der Waals surface area contributed by atoms with Crippen molar-refractivity contribution in [3.05, 3.63) is 68.8 Å². The van der Waals surface area contributed by atoms with Gasteiger partial charge < -0.3 is 13.9 Å². The van der Waals surface area contributed by atoms with E-state index < -0.39 is 5.91 Å². The van der Waals surface area contributed by atoms with E-state index in [2.05, 4.69) is 26.5 Å². The number of furan rings is 1. The zero-order chi connectivity index (χ0) is 20.8. The number of amides is 1. The van der Waals surface area contributed by atoms with Crippen molar-refractivity contribution in [2.45, 2.75) is 0 Å². The van der Waals surface area contributed by atoms with Crippen LogP contribution in [0.2, 0.25) is 10.0 Å². The second-order valence-corrected chi connectivity index (χ2v) is 7.38. The van der Waals surface area contributed by atoms with Gasteiger partial charge in [0.1, 0.15) is 23.0 Å². The molecule has 1 N–H and O–H groups in total. The van der Waals surface area contributed by atoms with Crippen LogP contribution in [-0.2, 0) is 4.79 Å². The smallest absolute Gasteiger partial charge is 0.277 e. The lowest BCUT2D eigenvalue weighted by Gasteiger charge is -2.08. The summed E-state index contributed by atoms with van der Waals surface area (Å²) < 4.78 is 16.9. The fourth-order valence-electron chi connectivity index (χ4n) is 2.30. The van der Waals surface area contributed by atoms with Gasteiger partial charge in [-0.15, -0.1) is 0 Å². The van der Waals surface area contributed by atoms with Crippen LogP contribution in [0.3, 0.4) is 0 Å². The third-order valence-corrected chi connectivity index (χ3v) is 5.07. The Labute approximate surface area is 185 Å². The molecule has 0 radical (unpaired) electrons. The summed E-state index contributed by atoms with van der Waals surface area (Å²) >= 11 is 15.3. The first-order chi connectivity index (χ1) is 14.0. The average molecular weight is 498 g/mol. The van der Waals surface area contributed by atoms with E-state index in [4.69, 9.17) is 37.1 Å². The maximum Gasteiger partial charge on any atom is 0.277 e. The van der Waals surface area contributed by atoms with Crippen LogP contribution in [0, 0.1) is 0 Å².